The molecule has 0 bridgehead atoms. The Bertz CT molecular complexity index is 507. The molecule has 0 aromatic heterocycles. The number of carboxylic acid groups (broad SMARTS) is 1. The Morgan fingerprint density at radius 2 is 1.81 bits per heavy atom. The lowest BCUT2D eigenvalue weighted by atomic mass is 10.0. The second-order valence-electron chi connectivity index (χ2n) is 5.76. The van der Waals surface area contributed by atoms with Crippen molar-refractivity contribution in [3.8, 4) is 0 Å². The molecule has 0 saturated carbocycles. The van der Waals surface area contributed by atoms with Crippen LogP contribution in [0.15, 0.2) is 24.3 Å². The van der Waals surface area contributed by atoms with Crippen molar-refractivity contribution >= 4 is 23.7 Å². The van der Waals surface area contributed by atoms with E-state index in [1.165, 1.54) is 11.9 Å². The molecule has 0 unspecified atom stereocenters. The van der Waals surface area contributed by atoms with Crippen molar-refractivity contribution in [3.05, 3.63) is 34.9 Å². The maximum atomic E-state index is 12.1. The molecule has 0 saturated heterocycles. The first-order valence-corrected chi connectivity index (χ1v) is 6.91. The van der Waals surface area contributed by atoms with Crippen molar-refractivity contribution in [2.75, 3.05) is 7.05 Å². The van der Waals surface area contributed by atoms with Crippen LogP contribution >= 0.6 is 11.6 Å². The van der Waals surface area contributed by atoms with Crippen LogP contribution in [0.4, 0.5) is 4.79 Å². The first-order chi connectivity index (χ1) is 9.60. The van der Waals surface area contributed by atoms with Crippen molar-refractivity contribution in [1.29, 1.82) is 0 Å². The van der Waals surface area contributed by atoms with Gasteiger partial charge in [0.05, 0.1) is 12.5 Å². The molecule has 1 amide bonds. The second kappa shape index (κ2) is 6.80. The summed E-state index contributed by atoms with van der Waals surface area (Å²) in [6, 6.07) is 6.12. The number of halogens is 1. The zero-order chi connectivity index (χ0) is 16.2. The average molecular weight is 314 g/mol. The number of ether oxygens (including phenoxy) is 1. The fraction of sp³-hybridized carbons (Fsp3) is 0.467. The molecule has 21 heavy (non-hydrogen) atoms. The number of carbonyl (C=O) groups is 2. The number of hydrogen-bond acceptors (Lipinski definition) is 3. The van der Waals surface area contributed by atoms with E-state index in [2.05, 4.69) is 0 Å². The van der Waals surface area contributed by atoms with Gasteiger partial charge in [0.25, 0.3) is 0 Å². The quantitative estimate of drug-likeness (QED) is 0.920. The summed E-state index contributed by atoms with van der Waals surface area (Å²) in [5, 5.41) is 9.61. The Kier molecular flexibility index (Phi) is 5.61. The SMILES string of the molecule is CN(C(=O)OC(C)(C)C)[C@H](CC(=O)O)c1ccc(Cl)cc1. The number of amides is 1. The summed E-state index contributed by atoms with van der Waals surface area (Å²) in [5.74, 6) is -0.995. The summed E-state index contributed by atoms with van der Waals surface area (Å²) in [6.45, 7) is 5.27. The lowest BCUT2D eigenvalue weighted by Crippen LogP contribution is -2.37. The van der Waals surface area contributed by atoms with E-state index < -0.39 is 23.7 Å². The highest BCUT2D eigenvalue weighted by atomic mass is 35.5. The van der Waals surface area contributed by atoms with Gasteiger partial charge >= 0.3 is 12.1 Å². The highest BCUT2D eigenvalue weighted by molar-refractivity contribution is 6.30. The van der Waals surface area contributed by atoms with E-state index in [-0.39, 0.29) is 6.42 Å². The van der Waals surface area contributed by atoms with Crippen LogP contribution < -0.4 is 0 Å². The number of rotatable bonds is 4. The summed E-state index contributed by atoms with van der Waals surface area (Å²) < 4.78 is 5.28. The number of carboxylic acids is 1. The van der Waals surface area contributed by atoms with E-state index in [9.17, 15) is 9.59 Å². The van der Waals surface area contributed by atoms with Crippen LogP contribution in [0.5, 0.6) is 0 Å². The highest BCUT2D eigenvalue weighted by Crippen LogP contribution is 2.26. The molecule has 1 aromatic rings. The number of hydrogen-bond donors (Lipinski definition) is 1. The van der Waals surface area contributed by atoms with Gasteiger partial charge in [0.2, 0.25) is 0 Å². The molecular weight excluding hydrogens is 294 g/mol. The van der Waals surface area contributed by atoms with Crippen LogP contribution in [-0.4, -0.2) is 34.7 Å². The number of carbonyl (C=O) groups excluding carboxylic acids is 1. The lowest BCUT2D eigenvalue weighted by Gasteiger charge is -2.30. The van der Waals surface area contributed by atoms with E-state index in [1.807, 2.05) is 0 Å². The zero-order valence-corrected chi connectivity index (χ0v) is 13.3. The minimum absolute atomic E-state index is 0.211. The first kappa shape index (κ1) is 17.3. The molecule has 6 heteroatoms. The minimum atomic E-state index is -0.995. The van der Waals surface area contributed by atoms with Gasteiger partial charge in [0.15, 0.2) is 0 Å². The third kappa shape index (κ3) is 5.63. The summed E-state index contributed by atoms with van der Waals surface area (Å²) in [6.07, 6.45) is -0.777. The standard InChI is InChI=1S/C15H20ClNO4/c1-15(2,3)21-14(20)17(4)12(9-13(18)19)10-5-7-11(16)8-6-10/h5-8,12H,9H2,1-4H3,(H,18,19)/t12-/m1/s1. The molecule has 0 radical (unpaired) electrons. The van der Waals surface area contributed by atoms with Crippen molar-refractivity contribution in [2.45, 2.75) is 38.8 Å². The summed E-state index contributed by atoms with van der Waals surface area (Å²) >= 11 is 5.83. The minimum Gasteiger partial charge on any atom is -0.481 e. The number of nitrogens with zero attached hydrogens (tertiary/aromatic N) is 1. The molecule has 0 spiro atoms. The van der Waals surface area contributed by atoms with Crippen LogP contribution in [0, 0.1) is 0 Å². The summed E-state index contributed by atoms with van der Waals surface area (Å²) in [4.78, 5) is 24.5. The second-order valence-corrected chi connectivity index (χ2v) is 6.19. The molecule has 1 atom stereocenters. The Labute approximate surface area is 129 Å². The molecule has 116 valence electrons. The predicted octanol–water partition coefficient (Wildman–Crippen LogP) is 3.72. The van der Waals surface area contributed by atoms with E-state index in [1.54, 1.807) is 45.0 Å². The molecule has 0 heterocycles. The van der Waals surface area contributed by atoms with Gasteiger partial charge in [0.1, 0.15) is 5.60 Å². The van der Waals surface area contributed by atoms with E-state index >= 15 is 0 Å². The molecule has 0 aliphatic carbocycles. The maximum absolute atomic E-state index is 12.1. The van der Waals surface area contributed by atoms with Gasteiger partial charge in [-0.05, 0) is 38.5 Å². The largest absolute Gasteiger partial charge is 0.481 e. The van der Waals surface area contributed by atoms with Crippen LogP contribution in [0.25, 0.3) is 0 Å². The van der Waals surface area contributed by atoms with Crippen molar-refractivity contribution < 1.29 is 19.4 Å². The highest BCUT2D eigenvalue weighted by Gasteiger charge is 2.28. The van der Waals surface area contributed by atoms with Gasteiger partial charge in [-0.2, -0.15) is 0 Å². The number of benzene rings is 1. The molecular formula is C15H20ClNO4. The molecule has 5 nitrogen and oxygen atoms in total. The van der Waals surface area contributed by atoms with E-state index in [0.717, 1.165) is 0 Å². The molecule has 1 aromatic carbocycles. The molecule has 0 fully saturated rings. The van der Waals surface area contributed by atoms with Gasteiger partial charge < -0.3 is 14.7 Å². The van der Waals surface area contributed by atoms with Crippen molar-refractivity contribution in [1.82, 2.24) is 4.90 Å². The van der Waals surface area contributed by atoms with Crippen molar-refractivity contribution in [2.24, 2.45) is 0 Å². The fourth-order valence-electron chi connectivity index (χ4n) is 1.79. The van der Waals surface area contributed by atoms with Gasteiger partial charge in [-0.1, -0.05) is 23.7 Å². The molecule has 0 aliphatic heterocycles. The van der Waals surface area contributed by atoms with Crippen LogP contribution in [0.1, 0.15) is 38.8 Å². The third-order valence-electron chi connectivity index (χ3n) is 2.77. The van der Waals surface area contributed by atoms with Crippen LogP contribution in [-0.2, 0) is 9.53 Å². The average Bonchev–Trinajstić information content (AvgIpc) is 2.34. The molecule has 1 N–H and O–H groups in total. The third-order valence-corrected chi connectivity index (χ3v) is 3.02. The van der Waals surface area contributed by atoms with Crippen LogP contribution in [0.3, 0.4) is 0 Å². The van der Waals surface area contributed by atoms with Gasteiger partial charge in [-0.15, -0.1) is 0 Å². The number of aliphatic carboxylic acids is 1. The first-order valence-electron chi connectivity index (χ1n) is 6.53. The Morgan fingerprint density at radius 1 is 1.29 bits per heavy atom. The van der Waals surface area contributed by atoms with Crippen LogP contribution in [0.2, 0.25) is 5.02 Å². The Balaban J connectivity index is 2.99. The van der Waals surface area contributed by atoms with Crippen molar-refractivity contribution in [3.63, 3.8) is 0 Å². The maximum Gasteiger partial charge on any atom is 0.410 e. The monoisotopic (exact) mass is 313 g/mol. The Morgan fingerprint density at radius 3 is 2.24 bits per heavy atom. The van der Waals surface area contributed by atoms with E-state index in [4.69, 9.17) is 21.4 Å². The van der Waals surface area contributed by atoms with Gasteiger partial charge in [0, 0.05) is 12.1 Å². The fourth-order valence-corrected chi connectivity index (χ4v) is 1.92. The molecule has 1 rings (SSSR count). The Hall–Kier alpha value is -1.75. The van der Waals surface area contributed by atoms with Gasteiger partial charge in [-0.25, -0.2) is 4.79 Å². The van der Waals surface area contributed by atoms with E-state index in [0.29, 0.717) is 10.6 Å². The normalized spacial score (nSPS) is 12.6. The summed E-state index contributed by atoms with van der Waals surface area (Å²) in [7, 11) is 1.52. The lowest BCUT2D eigenvalue weighted by molar-refractivity contribution is -0.138. The predicted molar refractivity (Wildman–Crippen MR) is 80.4 cm³/mol. The molecule has 0 aliphatic rings. The van der Waals surface area contributed by atoms with Gasteiger partial charge in [-0.3, -0.25) is 4.79 Å². The topological polar surface area (TPSA) is 66.8 Å². The zero-order valence-electron chi connectivity index (χ0n) is 12.6. The smallest absolute Gasteiger partial charge is 0.410 e. The summed E-state index contributed by atoms with van der Waals surface area (Å²) in [5.41, 5.74) is 0.0502.